The van der Waals surface area contributed by atoms with Crippen molar-refractivity contribution in [2.45, 2.75) is 38.8 Å². The molecule has 2 aliphatic heterocycles. The Bertz CT molecular complexity index is 823. The van der Waals surface area contributed by atoms with Crippen molar-refractivity contribution in [2.75, 3.05) is 36.1 Å². The summed E-state index contributed by atoms with van der Waals surface area (Å²) in [5.41, 5.74) is 3.14. The molecule has 4 heterocycles. The number of morpholine rings is 1. The molecule has 2 aromatic rings. The Morgan fingerprint density at radius 2 is 2.08 bits per heavy atom. The van der Waals surface area contributed by atoms with E-state index in [4.69, 9.17) is 4.74 Å². The second kappa shape index (κ2) is 6.79. The Hall–Kier alpha value is -2.28. The Morgan fingerprint density at radius 3 is 2.81 bits per heavy atom. The van der Waals surface area contributed by atoms with Gasteiger partial charge in [0, 0.05) is 49.7 Å². The van der Waals surface area contributed by atoms with E-state index in [0.29, 0.717) is 13.2 Å². The van der Waals surface area contributed by atoms with E-state index in [1.807, 2.05) is 11.7 Å². The fraction of sp³-hybridized carbons (Fsp3) is 0.579. The predicted molar refractivity (Wildman–Crippen MR) is 102 cm³/mol. The largest absolute Gasteiger partial charge is 0.377 e. The highest BCUT2D eigenvalue weighted by atomic mass is 16.5. The number of nitrogens with zero attached hydrogens (tertiary/aromatic N) is 4. The van der Waals surface area contributed by atoms with Gasteiger partial charge in [0.25, 0.3) is 5.56 Å². The highest BCUT2D eigenvalue weighted by molar-refractivity contribution is 5.57. The number of aromatic nitrogens is 3. The summed E-state index contributed by atoms with van der Waals surface area (Å²) in [5, 5.41) is 4.67. The number of pyridine rings is 1. The normalized spacial score (nSPS) is 23.7. The first-order valence-electron chi connectivity index (χ1n) is 9.39. The molecule has 2 atom stereocenters. The summed E-state index contributed by atoms with van der Waals surface area (Å²) in [5.74, 6) is 0.886. The first-order valence-corrected chi connectivity index (χ1v) is 9.39. The molecule has 0 radical (unpaired) electrons. The highest BCUT2D eigenvalue weighted by Gasteiger charge is 2.30. The molecular formula is C19H27N5O2. The molecule has 0 amide bonds. The van der Waals surface area contributed by atoms with Gasteiger partial charge in [-0.2, -0.15) is 5.10 Å². The number of aromatic amines is 1. The SMILES string of the molecule is Cc1cc(C2CCCN2c2cc(N3CCOC[C@H]3C)cc(=O)[nH]2)nn1C. The van der Waals surface area contributed by atoms with Crippen LogP contribution in [0.5, 0.6) is 0 Å². The third-order valence-corrected chi connectivity index (χ3v) is 5.55. The van der Waals surface area contributed by atoms with E-state index in [-0.39, 0.29) is 17.6 Å². The molecule has 0 saturated carbocycles. The van der Waals surface area contributed by atoms with Crippen molar-refractivity contribution in [3.8, 4) is 0 Å². The van der Waals surface area contributed by atoms with Crippen molar-refractivity contribution in [3.63, 3.8) is 0 Å². The van der Waals surface area contributed by atoms with Gasteiger partial charge < -0.3 is 19.5 Å². The summed E-state index contributed by atoms with van der Waals surface area (Å²) >= 11 is 0. The number of hydrogen-bond donors (Lipinski definition) is 1. The average Bonchev–Trinajstić information content (AvgIpc) is 3.22. The maximum absolute atomic E-state index is 12.4. The van der Waals surface area contributed by atoms with Crippen molar-refractivity contribution >= 4 is 11.5 Å². The molecule has 7 heteroatoms. The molecule has 2 saturated heterocycles. The average molecular weight is 357 g/mol. The lowest BCUT2D eigenvalue weighted by Gasteiger charge is -2.35. The van der Waals surface area contributed by atoms with E-state index >= 15 is 0 Å². The number of aryl methyl sites for hydroxylation is 2. The lowest BCUT2D eigenvalue weighted by molar-refractivity contribution is 0.0989. The van der Waals surface area contributed by atoms with Crippen LogP contribution in [-0.2, 0) is 11.8 Å². The quantitative estimate of drug-likeness (QED) is 0.910. The van der Waals surface area contributed by atoms with E-state index in [0.717, 1.165) is 48.8 Å². The number of hydrogen-bond acceptors (Lipinski definition) is 5. The molecule has 1 N–H and O–H groups in total. The molecule has 140 valence electrons. The van der Waals surface area contributed by atoms with Gasteiger partial charge in [0.2, 0.25) is 0 Å². The number of anilines is 2. The minimum absolute atomic E-state index is 0.0564. The molecule has 0 bridgehead atoms. The van der Waals surface area contributed by atoms with Crippen molar-refractivity contribution < 1.29 is 4.74 Å². The van der Waals surface area contributed by atoms with E-state index in [1.54, 1.807) is 6.07 Å². The number of H-pyrrole nitrogens is 1. The number of ether oxygens (including phenoxy) is 1. The summed E-state index contributed by atoms with van der Waals surface area (Å²) in [4.78, 5) is 20.0. The fourth-order valence-corrected chi connectivity index (χ4v) is 4.06. The third-order valence-electron chi connectivity index (χ3n) is 5.55. The molecule has 7 nitrogen and oxygen atoms in total. The molecule has 26 heavy (non-hydrogen) atoms. The molecular weight excluding hydrogens is 330 g/mol. The second-order valence-electron chi connectivity index (χ2n) is 7.39. The summed E-state index contributed by atoms with van der Waals surface area (Å²) in [7, 11) is 1.97. The molecule has 0 aromatic carbocycles. The third kappa shape index (κ3) is 3.11. The Balaban J connectivity index is 1.67. The molecule has 4 rings (SSSR count). The standard InChI is InChI=1S/C19H27N5O2/c1-13-9-16(21-22(13)3)17-5-4-6-24(17)18-10-15(11-19(25)20-18)23-7-8-26-12-14(23)2/h9-11,14,17H,4-8,12H2,1-3H3,(H,20,25)/t14-,17?/m1/s1. The van der Waals surface area contributed by atoms with Gasteiger partial charge in [-0.1, -0.05) is 0 Å². The summed E-state index contributed by atoms with van der Waals surface area (Å²) in [6.07, 6.45) is 2.15. The highest BCUT2D eigenvalue weighted by Crippen LogP contribution is 2.35. The van der Waals surface area contributed by atoms with Gasteiger partial charge in [0.05, 0.1) is 24.9 Å². The lowest BCUT2D eigenvalue weighted by Crippen LogP contribution is -2.44. The first kappa shape index (κ1) is 17.1. The number of nitrogens with one attached hydrogen (secondary N) is 1. The van der Waals surface area contributed by atoms with Crippen molar-refractivity contribution in [1.29, 1.82) is 0 Å². The van der Waals surface area contributed by atoms with Gasteiger partial charge in [-0.15, -0.1) is 0 Å². The fourth-order valence-electron chi connectivity index (χ4n) is 4.06. The molecule has 0 aliphatic carbocycles. The minimum atomic E-state index is -0.0564. The molecule has 2 aliphatic rings. The van der Waals surface area contributed by atoms with Crippen LogP contribution in [0.1, 0.15) is 37.2 Å². The molecule has 2 fully saturated rings. The molecule has 1 unspecified atom stereocenters. The van der Waals surface area contributed by atoms with E-state index < -0.39 is 0 Å². The van der Waals surface area contributed by atoms with Gasteiger partial charge >= 0.3 is 0 Å². The maximum atomic E-state index is 12.4. The van der Waals surface area contributed by atoms with Crippen molar-refractivity contribution in [1.82, 2.24) is 14.8 Å². The van der Waals surface area contributed by atoms with Gasteiger partial charge in [-0.05, 0) is 32.8 Å². The minimum Gasteiger partial charge on any atom is -0.377 e. The van der Waals surface area contributed by atoms with Gasteiger partial charge in [0.15, 0.2) is 0 Å². The zero-order chi connectivity index (χ0) is 18.3. The van der Waals surface area contributed by atoms with Crippen LogP contribution in [0.2, 0.25) is 0 Å². The van der Waals surface area contributed by atoms with Gasteiger partial charge in [0.1, 0.15) is 5.82 Å². The van der Waals surface area contributed by atoms with Crippen LogP contribution < -0.4 is 15.4 Å². The number of rotatable bonds is 3. The Morgan fingerprint density at radius 1 is 1.23 bits per heavy atom. The van der Waals surface area contributed by atoms with Gasteiger partial charge in [-0.25, -0.2) is 0 Å². The summed E-state index contributed by atoms with van der Waals surface area (Å²) < 4.78 is 7.45. The lowest BCUT2D eigenvalue weighted by atomic mass is 10.1. The van der Waals surface area contributed by atoms with Crippen LogP contribution >= 0.6 is 0 Å². The molecule has 0 spiro atoms. The van der Waals surface area contributed by atoms with Gasteiger partial charge in [-0.3, -0.25) is 9.48 Å². The van der Waals surface area contributed by atoms with E-state index in [2.05, 4.69) is 45.9 Å². The van der Waals surface area contributed by atoms with Crippen molar-refractivity contribution in [2.24, 2.45) is 7.05 Å². The van der Waals surface area contributed by atoms with Crippen molar-refractivity contribution in [3.05, 3.63) is 39.9 Å². The Labute approximate surface area is 153 Å². The Kier molecular flexibility index (Phi) is 4.48. The topological polar surface area (TPSA) is 66.4 Å². The van der Waals surface area contributed by atoms with E-state index in [1.165, 1.54) is 0 Å². The van der Waals surface area contributed by atoms with E-state index in [9.17, 15) is 4.79 Å². The smallest absolute Gasteiger partial charge is 0.251 e. The second-order valence-corrected chi connectivity index (χ2v) is 7.39. The molecule has 2 aromatic heterocycles. The zero-order valence-corrected chi connectivity index (χ0v) is 15.7. The first-order chi connectivity index (χ1) is 12.5. The van der Waals surface area contributed by atoms with Crippen LogP contribution in [0.3, 0.4) is 0 Å². The predicted octanol–water partition coefficient (Wildman–Crippen LogP) is 1.98. The zero-order valence-electron chi connectivity index (χ0n) is 15.7. The maximum Gasteiger partial charge on any atom is 0.251 e. The monoisotopic (exact) mass is 357 g/mol. The summed E-state index contributed by atoms with van der Waals surface area (Å²) in [6.45, 7) is 7.34. The van der Waals surface area contributed by atoms with Crippen LogP contribution in [0, 0.1) is 6.92 Å². The summed E-state index contributed by atoms with van der Waals surface area (Å²) in [6, 6.07) is 6.43. The van der Waals surface area contributed by atoms with Crippen LogP contribution in [-0.4, -0.2) is 47.1 Å². The van der Waals surface area contributed by atoms with Crippen LogP contribution in [0.15, 0.2) is 23.0 Å². The van der Waals surface area contributed by atoms with Crippen LogP contribution in [0.25, 0.3) is 0 Å². The van der Waals surface area contributed by atoms with Crippen LogP contribution in [0.4, 0.5) is 11.5 Å².